The first-order chi connectivity index (χ1) is 23.2. The van der Waals surface area contributed by atoms with E-state index in [1.54, 1.807) is 22.3 Å². The van der Waals surface area contributed by atoms with Gasteiger partial charge in [0.2, 0.25) is 0 Å². The van der Waals surface area contributed by atoms with E-state index < -0.39 is 0 Å². The molecule has 6 fully saturated rings. The van der Waals surface area contributed by atoms with Crippen molar-refractivity contribution < 1.29 is 0 Å². The second kappa shape index (κ2) is 13.2. The third kappa shape index (κ3) is 5.78. The zero-order valence-corrected chi connectivity index (χ0v) is 32.2. The van der Waals surface area contributed by atoms with Crippen molar-refractivity contribution in [3.8, 4) is 0 Å². The van der Waals surface area contributed by atoms with Crippen molar-refractivity contribution in [2.75, 3.05) is 32.3 Å². The van der Waals surface area contributed by atoms with Gasteiger partial charge in [-0.15, -0.1) is 9.24 Å². The number of rotatable bonds is 10. The Morgan fingerprint density at radius 3 is 1.73 bits per heavy atom. The largest absolute Gasteiger partial charge is 0.316 e. The standard InChI is InChI=1S/C44H60N2P2/c1-42(2,34-11-7-5-8-12-34)39-22-33(29-48(36-15-17-45-26-36)37-16-18-46-27-37)38(23-40(39)43(3,4)35-13-9-6-10-14-35)44-24-30-19-31(25-44)21-32(20-30)41(44)28-47/h5-14,22-23,30-32,36-37,41,45-46H,15-21,24-29,47H2,1-4H3. The Morgan fingerprint density at radius 2 is 1.25 bits per heavy atom. The molecule has 2 N–H and O–H groups in total. The van der Waals surface area contributed by atoms with Gasteiger partial charge < -0.3 is 10.6 Å². The van der Waals surface area contributed by atoms with Crippen LogP contribution < -0.4 is 10.6 Å². The fourth-order valence-electron chi connectivity index (χ4n) is 11.9. The van der Waals surface area contributed by atoms with Crippen LogP contribution in [0.2, 0.25) is 0 Å². The minimum atomic E-state index is -0.130. The smallest absolute Gasteiger partial charge is 0.0149 e. The summed E-state index contributed by atoms with van der Waals surface area (Å²) in [6.45, 7) is 14.9. The van der Waals surface area contributed by atoms with E-state index in [1.807, 2.05) is 0 Å². The highest BCUT2D eigenvalue weighted by Crippen LogP contribution is 2.66. The van der Waals surface area contributed by atoms with E-state index in [4.69, 9.17) is 0 Å². The van der Waals surface area contributed by atoms with E-state index in [1.165, 1.54) is 94.6 Å². The molecule has 4 bridgehead atoms. The Morgan fingerprint density at radius 1 is 0.729 bits per heavy atom. The van der Waals surface area contributed by atoms with Crippen LogP contribution in [0.3, 0.4) is 0 Å². The van der Waals surface area contributed by atoms with Gasteiger partial charge in [-0.1, -0.05) is 108 Å². The summed E-state index contributed by atoms with van der Waals surface area (Å²) in [5.74, 6) is 3.55. The first-order valence-corrected chi connectivity index (χ1v) is 21.9. The van der Waals surface area contributed by atoms with Crippen LogP contribution in [0.25, 0.3) is 0 Å². The van der Waals surface area contributed by atoms with Gasteiger partial charge in [0, 0.05) is 23.9 Å². The summed E-state index contributed by atoms with van der Waals surface area (Å²) in [5, 5.41) is 7.60. The molecule has 9 rings (SSSR count). The Labute approximate surface area is 295 Å². The predicted molar refractivity (Wildman–Crippen MR) is 210 cm³/mol. The van der Waals surface area contributed by atoms with Crippen molar-refractivity contribution in [1.29, 1.82) is 0 Å². The predicted octanol–water partition coefficient (Wildman–Crippen LogP) is 9.61. The van der Waals surface area contributed by atoms with Crippen molar-refractivity contribution in [3.05, 3.63) is 106 Å². The minimum absolute atomic E-state index is 0.107. The Hall–Kier alpha value is -1.56. The average molecular weight is 679 g/mol. The van der Waals surface area contributed by atoms with Crippen molar-refractivity contribution in [3.63, 3.8) is 0 Å². The van der Waals surface area contributed by atoms with Crippen molar-refractivity contribution in [2.45, 2.75) is 106 Å². The molecule has 6 aliphatic rings. The summed E-state index contributed by atoms with van der Waals surface area (Å²) in [7, 11) is 3.14. The van der Waals surface area contributed by atoms with Gasteiger partial charge in [-0.2, -0.15) is 0 Å². The van der Waals surface area contributed by atoms with E-state index in [9.17, 15) is 0 Å². The summed E-state index contributed by atoms with van der Waals surface area (Å²) in [4.78, 5) is 0. The number of hydrogen-bond donors (Lipinski definition) is 2. The molecule has 4 aliphatic carbocycles. The monoisotopic (exact) mass is 678 g/mol. The van der Waals surface area contributed by atoms with Gasteiger partial charge in [-0.25, -0.2) is 0 Å². The molecule has 2 saturated heterocycles. The van der Waals surface area contributed by atoms with Crippen LogP contribution in [0.4, 0.5) is 0 Å². The maximum atomic E-state index is 3.80. The van der Waals surface area contributed by atoms with E-state index in [0.717, 1.165) is 35.0 Å². The van der Waals surface area contributed by atoms with Gasteiger partial charge in [0.25, 0.3) is 0 Å². The Kier molecular flexibility index (Phi) is 9.24. The molecule has 0 amide bonds. The molecule has 256 valence electrons. The van der Waals surface area contributed by atoms with Crippen LogP contribution in [0, 0.1) is 23.7 Å². The second-order valence-electron chi connectivity index (χ2n) is 17.6. The first kappa shape index (κ1) is 33.6. The maximum Gasteiger partial charge on any atom is 0.0149 e. The van der Waals surface area contributed by atoms with Crippen molar-refractivity contribution in [2.24, 2.45) is 23.7 Å². The van der Waals surface area contributed by atoms with E-state index in [-0.39, 0.29) is 18.8 Å². The highest BCUT2D eigenvalue weighted by Gasteiger charge is 2.58. The molecule has 3 aromatic carbocycles. The maximum absolute atomic E-state index is 3.80. The van der Waals surface area contributed by atoms with Gasteiger partial charge in [0.1, 0.15) is 0 Å². The zero-order chi connectivity index (χ0) is 33.1. The molecule has 2 aliphatic heterocycles. The molecule has 0 radical (unpaired) electrons. The van der Waals surface area contributed by atoms with Gasteiger partial charge in [-0.3, -0.25) is 0 Å². The van der Waals surface area contributed by atoms with E-state index in [2.05, 4.69) is 120 Å². The molecule has 48 heavy (non-hydrogen) atoms. The summed E-state index contributed by atoms with van der Waals surface area (Å²) >= 11 is 0. The molecule has 6 atom stereocenters. The van der Waals surface area contributed by atoms with Gasteiger partial charge in [-0.05, 0) is 144 Å². The Balaban J connectivity index is 1.37. The van der Waals surface area contributed by atoms with Crippen LogP contribution in [-0.4, -0.2) is 43.7 Å². The third-order valence-corrected chi connectivity index (χ3v) is 18.2. The molecule has 0 aromatic heterocycles. The summed E-state index contributed by atoms with van der Waals surface area (Å²) < 4.78 is 0. The first-order valence-electron chi connectivity index (χ1n) is 19.4. The van der Waals surface area contributed by atoms with Gasteiger partial charge >= 0.3 is 0 Å². The molecular formula is C44H60N2P2. The Bertz CT molecular complexity index is 1540. The normalized spacial score (nSPS) is 32.2. The quantitative estimate of drug-likeness (QED) is 0.209. The highest BCUT2D eigenvalue weighted by molar-refractivity contribution is 7.58. The molecule has 2 nitrogen and oxygen atoms in total. The fourth-order valence-corrected chi connectivity index (χ4v) is 16.1. The summed E-state index contributed by atoms with van der Waals surface area (Å²) in [5.41, 5.74) is 11.3. The third-order valence-electron chi connectivity index (χ3n) is 14.3. The lowest BCUT2D eigenvalue weighted by Gasteiger charge is -2.62. The summed E-state index contributed by atoms with van der Waals surface area (Å²) in [6, 6.07) is 28.5. The number of benzene rings is 3. The van der Waals surface area contributed by atoms with Crippen LogP contribution in [0.5, 0.6) is 0 Å². The van der Waals surface area contributed by atoms with E-state index in [0.29, 0.717) is 5.41 Å². The number of hydrogen-bond acceptors (Lipinski definition) is 2. The van der Waals surface area contributed by atoms with Crippen LogP contribution >= 0.6 is 17.2 Å². The number of nitrogens with one attached hydrogen (secondary N) is 2. The lowest BCUT2D eigenvalue weighted by Crippen LogP contribution is -2.56. The van der Waals surface area contributed by atoms with Gasteiger partial charge in [0.15, 0.2) is 0 Å². The molecule has 4 heteroatoms. The average Bonchev–Trinajstić information content (AvgIpc) is 3.83. The SMILES string of the molecule is CC(C)(c1ccccc1)c1cc(CP(C2CCNC2)C2CCNC2)c(C23CC4CC(CC(C4)C2CP)C3)cc1C(C)(C)c1ccccc1. The second-order valence-corrected chi connectivity index (χ2v) is 20.9. The molecule has 6 unspecified atom stereocenters. The summed E-state index contributed by atoms with van der Waals surface area (Å²) in [6.07, 6.45) is 12.6. The van der Waals surface area contributed by atoms with Crippen molar-refractivity contribution >= 4 is 17.2 Å². The fraction of sp³-hybridized carbons (Fsp3) is 0.591. The van der Waals surface area contributed by atoms with Gasteiger partial charge in [0.05, 0.1) is 0 Å². The topological polar surface area (TPSA) is 24.1 Å². The van der Waals surface area contributed by atoms with Crippen LogP contribution in [0.15, 0.2) is 72.8 Å². The minimum Gasteiger partial charge on any atom is -0.316 e. The van der Waals surface area contributed by atoms with Crippen LogP contribution in [0.1, 0.15) is 106 Å². The molecule has 3 aromatic rings. The lowest BCUT2D eigenvalue weighted by molar-refractivity contribution is -0.0521. The molecular weight excluding hydrogens is 618 g/mol. The van der Waals surface area contributed by atoms with Crippen molar-refractivity contribution in [1.82, 2.24) is 10.6 Å². The zero-order valence-electron chi connectivity index (χ0n) is 30.1. The van der Waals surface area contributed by atoms with E-state index >= 15 is 0 Å². The molecule has 2 heterocycles. The molecule has 0 spiro atoms. The lowest BCUT2D eigenvalue weighted by atomic mass is 9.43. The molecule has 4 saturated carbocycles. The van der Waals surface area contributed by atoms with Crippen LogP contribution in [-0.2, 0) is 22.4 Å². The highest BCUT2D eigenvalue weighted by atomic mass is 31.1.